The van der Waals surface area contributed by atoms with Crippen LogP contribution in [0.4, 0.5) is 4.39 Å². The maximum atomic E-state index is 13.9. The van der Waals surface area contributed by atoms with E-state index in [0.717, 1.165) is 5.56 Å². The fraction of sp³-hybridized carbons (Fsp3) is 0.250. The van der Waals surface area contributed by atoms with Crippen LogP contribution in [-0.2, 0) is 6.42 Å². The summed E-state index contributed by atoms with van der Waals surface area (Å²) >= 11 is 5.78. The van der Waals surface area contributed by atoms with Crippen molar-refractivity contribution < 1.29 is 4.39 Å². The Balaban J connectivity index is 2.25. The Hall–Kier alpha value is -1.38. The molecule has 1 unspecified atom stereocenters. The van der Waals surface area contributed by atoms with E-state index in [9.17, 15) is 4.39 Å². The Morgan fingerprint density at radius 3 is 2.42 bits per heavy atom. The Bertz CT molecular complexity index is 575. The summed E-state index contributed by atoms with van der Waals surface area (Å²) in [7, 11) is 0. The monoisotopic (exact) mass is 277 g/mol. The highest BCUT2D eigenvalue weighted by Crippen LogP contribution is 2.25. The van der Waals surface area contributed by atoms with Gasteiger partial charge in [0.2, 0.25) is 0 Å². The first kappa shape index (κ1) is 14.0. The van der Waals surface area contributed by atoms with Gasteiger partial charge < -0.3 is 5.73 Å². The Labute approximate surface area is 118 Å². The van der Waals surface area contributed by atoms with Gasteiger partial charge in [0.25, 0.3) is 0 Å². The molecule has 0 amide bonds. The number of benzene rings is 2. The second kappa shape index (κ2) is 5.72. The molecule has 0 saturated carbocycles. The van der Waals surface area contributed by atoms with Gasteiger partial charge in [-0.2, -0.15) is 0 Å². The lowest BCUT2D eigenvalue weighted by molar-refractivity contribution is 0.580. The van der Waals surface area contributed by atoms with E-state index in [1.165, 1.54) is 17.2 Å². The van der Waals surface area contributed by atoms with Gasteiger partial charge in [-0.05, 0) is 31.9 Å². The summed E-state index contributed by atoms with van der Waals surface area (Å²) in [6.07, 6.45) is 0.597. The van der Waals surface area contributed by atoms with Crippen LogP contribution in [0.2, 0.25) is 5.02 Å². The Morgan fingerprint density at radius 1 is 1.16 bits per heavy atom. The largest absolute Gasteiger partial charge is 0.324 e. The number of aryl methyl sites for hydroxylation is 2. The van der Waals surface area contributed by atoms with Crippen LogP contribution in [0.15, 0.2) is 36.4 Å². The molecule has 2 aromatic carbocycles. The molecule has 19 heavy (non-hydrogen) atoms. The normalized spacial score (nSPS) is 12.5. The van der Waals surface area contributed by atoms with Crippen molar-refractivity contribution >= 4 is 11.6 Å². The Kier molecular flexibility index (Phi) is 4.23. The van der Waals surface area contributed by atoms with Gasteiger partial charge >= 0.3 is 0 Å². The molecule has 0 bridgehead atoms. The molecule has 0 aliphatic carbocycles. The van der Waals surface area contributed by atoms with Crippen LogP contribution in [-0.4, -0.2) is 0 Å². The second-order valence-electron chi connectivity index (χ2n) is 4.95. The Morgan fingerprint density at radius 2 is 1.79 bits per heavy atom. The second-order valence-corrected chi connectivity index (χ2v) is 5.36. The average molecular weight is 278 g/mol. The van der Waals surface area contributed by atoms with Gasteiger partial charge in [-0.15, -0.1) is 0 Å². The van der Waals surface area contributed by atoms with E-state index in [1.54, 1.807) is 12.1 Å². The first-order chi connectivity index (χ1) is 8.97. The molecule has 0 heterocycles. The van der Waals surface area contributed by atoms with Gasteiger partial charge in [-0.3, -0.25) is 0 Å². The van der Waals surface area contributed by atoms with Crippen molar-refractivity contribution in [1.82, 2.24) is 0 Å². The predicted molar refractivity (Wildman–Crippen MR) is 78.0 cm³/mol. The molecule has 0 radical (unpaired) electrons. The third-order valence-corrected chi connectivity index (χ3v) is 3.41. The van der Waals surface area contributed by atoms with Crippen molar-refractivity contribution in [3.63, 3.8) is 0 Å². The van der Waals surface area contributed by atoms with Crippen LogP contribution in [0.1, 0.15) is 28.3 Å². The molecule has 0 aliphatic heterocycles. The summed E-state index contributed by atoms with van der Waals surface area (Å²) in [6.45, 7) is 4.09. The van der Waals surface area contributed by atoms with Crippen LogP contribution in [0, 0.1) is 19.7 Å². The van der Waals surface area contributed by atoms with Crippen molar-refractivity contribution in [2.24, 2.45) is 5.73 Å². The van der Waals surface area contributed by atoms with Gasteiger partial charge in [0, 0.05) is 11.6 Å². The molecule has 0 aromatic heterocycles. The van der Waals surface area contributed by atoms with Gasteiger partial charge in [0.05, 0.1) is 5.02 Å². The molecule has 2 N–H and O–H groups in total. The minimum Gasteiger partial charge on any atom is -0.324 e. The fourth-order valence-electron chi connectivity index (χ4n) is 2.36. The van der Waals surface area contributed by atoms with E-state index in [-0.39, 0.29) is 11.1 Å². The first-order valence-corrected chi connectivity index (χ1v) is 6.62. The number of hydrogen-bond donors (Lipinski definition) is 1. The maximum absolute atomic E-state index is 13.9. The van der Waals surface area contributed by atoms with Crippen LogP contribution < -0.4 is 5.73 Å². The molecule has 0 saturated heterocycles. The zero-order chi connectivity index (χ0) is 14.0. The highest BCUT2D eigenvalue weighted by molar-refractivity contribution is 6.30. The molecule has 0 spiro atoms. The lowest BCUT2D eigenvalue weighted by Gasteiger charge is -2.14. The highest BCUT2D eigenvalue weighted by atomic mass is 35.5. The standard InChI is InChI=1S/C16H17ClFN/c1-10-6-11(2)8-12(7-10)9-15(19)13-4-3-5-14(17)16(13)18/h3-8,15H,9,19H2,1-2H3. The van der Waals surface area contributed by atoms with Crippen molar-refractivity contribution in [3.05, 3.63) is 69.5 Å². The molecule has 0 fully saturated rings. The first-order valence-electron chi connectivity index (χ1n) is 6.24. The van der Waals surface area contributed by atoms with E-state index in [4.69, 9.17) is 17.3 Å². The molecule has 1 nitrogen and oxygen atoms in total. The van der Waals surface area contributed by atoms with Crippen LogP contribution in [0.5, 0.6) is 0 Å². The summed E-state index contributed by atoms with van der Waals surface area (Å²) in [5.41, 5.74) is 10.1. The predicted octanol–water partition coefficient (Wildman–Crippen LogP) is 4.34. The molecule has 2 rings (SSSR count). The maximum Gasteiger partial charge on any atom is 0.146 e. The smallest absolute Gasteiger partial charge is 0.146 e. The quantitative estimate of drug-likeness (QED) is 0.887. The van der Waals surface area contributed by atoms with Crippen LogP contribution in [0.3, 0.4) is 0 Å². The highest BCUT2D eigenvalue weighted by Gasteiger charge is 2.14. The van der Waals surface area contributed by atoms with Gasteiger partial charge in [0.1, 0.15) is 5.82 Å². The van der Waals surface area contributed by atoms with Crippen molar-refractivity contribution in [2.75, 3.05) is 0 Å². The molecule has 3 heteroatoms. The van der Waals surface area contributed by atoms with E-state index in [0.29, 0.717) is 12.0 Å². The number of nitrogens with two attached hydrogens (primary N) is 1. The zero-order valence-corrected chi connectivity index (χ0v) is 11.8. The summed E-state index contributed by atoms with van der Waals surface area (Å²) in [4.78, 5) is 0. The van der Waals surface area contributed by atoms with Gasteiger partial charge in [-0.1, -0.05) is 53.1 Å². The lowest BCUT2D eigenvalue weighted by Crippen LogP contribution is -2.15. The number of hydrogen-bond acceptors (Lipinski definition) is 1. The summed E-state index contributed by atoms with van der Waals surface area (Å²) in [5, 5.41) is 0.119. The fourth-order valence-corrected chi connectivity index (χ4v) is 2.54. The van der Waals surface area contributed by atoms with E-state index in [2.05, 4.69) is 18.2 Å². The summed E-state index contributed by atoms with van der Waals surface area (Å²) < 4.78 is 13.9. The van der Waals surface area contributed by atoms with E-state index < -0.39 is 5.82 Å². The molecular weight excluding hydrogens is 261 g/mol. The minimum absolute atomic E-state index is 0.119. The number of halogens is 2. The molecule has 100 valence electrons. The summed E-state index contributed by atoms with van der Waals surface area (Å²) in [5.74, 6) is -0.416. The third kappa shape index (κ3) is 3.34. The molecular formula is C16H17ClFN. The van der Waals surface area contributed by atoms with Crippen molar-refractivity contribution in [1.29, 1.82) is 0 Å². The third-order valence-electron chi connectivity index (χ3n) is 3.12. The van der Waals surface area contributed by atoms with Gasteiger partial charge in [-0.25, -0.2) is 4.39 Å². The van der Waals surface area contributed by atoms with Gasteiger partial charge in [0.15, 0.2) is 0 Å². The zero-order valence-electron chi connectivity index (χ0n) is 11.1. The van der Waals surface area contributed by atoms with Crippen molar-refractivity contribution in [3.8, 4) is 0 Å². The average Bonchev–Trinajstić information content (AvgIpc) is 2.31. The number of rotatable bonds is 3. The van der Waals surface area contributed by atoms with Crippen LogP contribution >= 0.6 is 11.6 Å². The molecule has 2 aromatic rings. The lowest BCUT2D eigenvalue weighted by atomic mass is 9.97. The SMILES string of the molecule is Cc1cc(C)cc(CC(N)c2cccc(Cl)c2F)c1. The van der Waals surface area contributed by atoms with E-state index >= 15 is 0 Å². The minimum atomic E-state index is -0.416. The molecule has 0 aliphatic rings. The molecule has 1 atom stereocenters. The van der Waals surface area contributed by atoms with Crippen LogP contribution in [0.25, 0.3) is 0 Å². The topological polar surface area (TPSA) is 26.0 Å². The van der Waals surface area contributed by atoms with E-state index in [1.807, 2.05) is 13.8 Å². The summed E-state index contributed by atoms with van der Waals surface area (Å²) in [6, 6.07) is 10.8. The van der Waals surface area contributed by atoms with Crippen molar-refractivity contribution in [2.45, 2.75) is 26.3 Å².